The molecule has 0 heterocycles. The molecule has 1 amide bonds. The van der Waals surface area contributed by atoms with Gasteiger partial charge in [-0.25, -0.2) is 4.79 Å². The minimum Gasteiger partial charge on any atom is -0.493 e. The number of hydrogen-bond donors (Lipinski definition) is 1. The third kappa shape index (κ3) is 7.01. The Morgan fingerprint density at radius 3 is 2.14 bits per heavy atom. The Balaban J connectivity index is 1.58. The summed E-state index contributed by atoms with van der Waals surface area (Å²) in [6, 6.07) is 17.9. The van der Waals surface area contributed by atoms with Crippen LogP contribution in [-0.2, 0) is 14.3 Å². The Morgan fingerprint density at radius 2 is 1.51 bits per heavy atom. The summed E-state index contributed by atoms with van der Waals surface area (Å²) in [4.78, 5) is 24.5. The van der Waals surface area contributed by atoms with Crippen LogP contribution in [0.15, 0.2) is 66.7 Å². The van der Waals surface area contributed by atoms with Gasteiger partial charge in [0.1, 0.15) is 5.75 Å². The number of rotatable bonds is 10. The molecule has 0 spiro atoms. The van der Waals surface area contributed by atoms with E-state index in [4.69, 9.17) is 23.7 Å². The van der Waals surface area contributed by atoms with Crippen molar-refractivity contribution < 1.29 is 33.3 Å². The monoisotopic (exact) mass is 477 g/mol. The van der Waals surface area contributed by atoms with Crippen LogP contribution in [0.5, 0.6) is 28.7 Å². The summed E-state index contributed by atoms with van der Waals surface area (Å²) in [6.45, 7) is 1.52. The van der Waals surface area contributed by atoms with Gasteiger partial charge in [0, 0.05) is 6.08 Å². The van der Waals surface area contributed by atoms with E-state index >= 15 is 0 Å². The van der Waals surface area contributed by atoms with Crippen LogP contribution in [0, 0.1) is 6.92 Å². The summed E-state index contributed by atoms with van der Waals surface area (Å²) < 4.78 is 26.8. The van der Waals surface area contributed by atoms with Gasteiger partial charge < -0.3 is 29.0 Å². The molecule has 0 aliphatic carbocycles. The zero-order valence-corrected chi connectivity index (χ0v) is 20.0. The molecule has 3 aromatic carbocycles. The number of nitrogens with one attached hydrogen (secondary N) is 1. The van der Waals surface area contributed by atoms with Gasteiger partial charge in [0.2, 0.25) is 5.75 Å². The van der Waals surface area contributed by atoms with Crippen molar-refractivity contribution in [2.45, 2.75) is 6.92 Å². The van der Waals surface area contributed by atoms with Crippen molar-refractivity contribution in [3.05, 3.63) is 77.9 Å². The number of esters is 1. The molecule has 3 rings (SSSR count). The Bertz CT molecular complexity index is 1180. The van der Waals surface area contributed by atoms with Crippen molar-refractivity contribution in [3.8, 4) is 28.7 Å². The van der Waals surface area contributed by atoms with Crippen LogP contribution in [0.25, 0.3) is 6.08 Å². The standard InChI is InChI=1S/C27H27NO7/c1-18-9-12-20(13-10-18)35-22-8-6-5-7-21(22)28-25(29)17-34-26(30)14-11-19-15-23(31-2)27(33-4)24(16-19)32-3/h5-16H,17H2,1-4H3,(H,28,29)/b14-11+. The predicted molar refractivity (Wildman–Crippen MR) is 132 cm³/mol. The number of amides is 1. The quantitative estimate of drug-likeness (QED) is 0.324. The Labute approximate surface area is 204 Å². The molecule has 8 heteroatoms. The van der Waals surface area contributed by atoms with Crippen LogP contribution in [0.3, 0.4) is 0 Å². The summed E-state index contributed by atoms with van der Waals surface area (Å²) in [6.07, 6.45) is 2.73. The summed E-state index contributed by atoms with van der Waals surface area (Å²) in [5, 5.41) is 2.70. The molecule has 35 heavy (non-hydrogen) atoms. The van der Waals surface area contributed by atoms with Crippen molar-refractivity contribution in [1.82, 2.24) is 0 Å². The normalized spacial score (nSPS) is 10.5. The molecule has 0 unspecified atom stereocenters. The highest BCUT2D eigenvalue weighted by molar-refractivity contribution is 5.95. The predicted octanol–water partition coefficient (Wildman–Crippen LogP) is 5.01. The number of hydrogen-bond acceptors (Lipinski definition) is 7. The van der Waals surface area contributed by atoms with E-state index in [9.17, 15) is 9.59 Å². The van der Waals surface area contributed by atoms with Gasteiger partial charge in [-0.3, -0.25) is 4.79 Å². The molecule has 0 bridgehead atoms. The van der Waals surface area contributed by atoms with Crippen molar-refractivity contribution in [3.63, 3.8) is 0 Å². The van der Waals surface area contributed by atoms with E-state index in [0.29, 0.717) is 40.0 Å². The lowest BCUT2D eigenvalue weighted by molar-refractivity contribution is -0.142. The van der Waals surface area contributed by atoms with E-state index in [2.05, 4.69) is 5.32 Å². The number of carbonyl (C=O) groups excluding carboxylic acids is 2. The van der Waals surface area contributed by atoms with Crippen molar-refractivity contribution in [2.24, 2.45) is 0 Å². The fourth-order valence-corrected chi connectivity index (χ4v) is 3.13. The molecule has 3 aromatic rings. The van der Waals surface area contributed by atoms with Gasteiger partial charge in [-0.05, 0) is 55.0 Å². The second kappa shape index (κ2) is 12.1. The lowest BCUT2D eigenvalue weighted by atomic mass is 10.1. The van der Waals surface area contributed by atoms with Gasteiger partial charge >= 0.3 is 5.97 Å². The van der Waals surface area contributed by atoms with Crippen LogP contribution in [-0.4, -0.2) is 39.8 Å². The van der Waals surface area contributed by atoms with E-state index in [1.54, 1.807) is 36.4 Å². The summed E-state index contributed by atoms with van der Waals surface area (Å²) >= 11 is 0. The second-order valence-corrected chi connectivity index (χ2v) is 7.36. The first-order valence-corrected chi connectivity index (χ1v) is 10.7. The minimum absolute atomic E-state index is 0.443. The molecule has 0 fully saturated rings. The lowest BCUT2D eigenvalue weighted by Gasteiger charge is -2.13. The lowest BCUT2D eigenvalue weighted by Crippen LogP contribution is -2.20. The topological polar surface area (TPSA) is 92.3 Å². The molecule has 0 saturated carbocycles. The van der Waals surface area contributed by atoms with Crippen molar-refractivity contribution >= 4 is 23.6 Å². The number of methoxy groups -OCH3 is 3. The van der Waals surface area contributed by atoms with Gasteiger partial charge in [-0.1, -0.05) is 29.8 Å². The smallest absolute Gasteiger partial charge is 0.331 e. The maximum absolute atomic E-state index is 12.4. The number of ether oxygens (including phenoxy) is 5. The SMILES string of the molecule is COc1cc(/C=C/C(=O)OCC(=O)Nc2ccccc2Oc2ccc(C)cc2)cc(OC)c1OC. The van der Waals surface area contributed by atoms with Gasteiger partial charge in [-0.15, -0.1) is 0 Å². The number of carbonyl (C=O) groups is 2. The molecular formula is C27H27NO7. The zero-order valence-electron chi connectivity index (χ0n) is 20.0. The molecule has 1 N–H and O–H groups in total. The highest BCUT2D eigenvalue weighted by atomic mass is 16.5. The molecule has 0 aliphatic rings. The average Bonchev–Trinajstić information content (AvgIpc) is 2.87. The largest absolute Gasteiger partial charge is 0.493 e. The van der Waals surface area contributed by atoms with Gasteiger partial charge in [-0.2, -0.15) is 0 Å². The van der Waals surface area contributed by atoms with Gasteiger partial charge in [0.25, 0.3) is 5.91 Å². The van der Waals surface area contributed by atoms with Gasteiger partial charge in [0.15, 0.2) is 23.9 Å². The number of aryl methyl sites for hydroxylation is 1. The summed E-state index contributed by atoms with van der Waals surface area (Å²) in [5.74, 6) is 1.27. The van der Waals surface area contributed by atoms with E-state index in [1.165, 1.54) is 33.5 Å². The molecule has 0 aliphatic heterocycles. The molecule has 8 nitrogen and oxygen atoms in total. The fourth-order valence-electron chi connectivity index (χ4n) is 3.13. The molecule has 0 radical (unpaired) electrons. The first-order valence-electron chi connectivity index (χ1n) is 10.7. The molecular weight excluding hydrogens is 450 g/mol. The number of para-hydroxylation sites is 2. The van der Waals surface area contributed by atoms with Crippen molar-refractivity contribution in [2.75, 3.05) is 33.3 Å². The van der Waals surface area contributed by atoms with Crippen LogP contribution in [0.4, 0.5) is 5.69 Å². The minimum atomic E-state index is -0.682. The highest BCUT2D eigenvalue weighted by Gasteiger charge is 2.13. The van der Waals surface area contributed by atoms with Crippen LogP contribution in [0.2, 0.25) is 0 Å². The second-order valence-electron chi connectivity index (χ2n) is 7.36. The Kier molecular flexibility index (Phi) is 8.72. The molecule has 0 atom stereocenters. The van der Waals surface area contributed by atoms with Crippen LogP contribution in [0.1, 0.15) is 11.1 Å². The third-order valence-electron chi connectivity index (χ3n) is 4.85. The van der Waals surface area contributed by atoms with Gasteiger partial charge in [0.05, 0.1) is 27.0 Å². The first kappa shape index (κ1) is 25.2. The average molecular weight is 478 g/mol. The summed E-state index contributed by atoms with van der Waals surface area (Å²) in [7, 11) is 4.51. The van der Waals surface area contributed by atoms with E-state index in [1.807, 2.05) is 31.2 Å². The Morgan fingerprint density at radius 1 is 0.857 bits per heavy atom. The maximum atomic E-state index is 12.4. The fraction of sp³-hybridized carbons (Fsp3) is 0.185. The van der Waals surface area contributed by atoms with E-state index in [-0.39, 0.29) is 0 Å². The third-order valence-corrected chi connectivity index (χ3v) is 4.85. The number of anilines is 1. The number of benzene rings is 3. The molecule has 0 saturated heterocycles. The first-order chi connectivity index (χ1) is 16.9. The van der Waals surface area contributed by atoms with Crippen LogP contribution >= 0.6 is 0 Å². The van der Waals surface area contributed by atoms with E-state index in [0.717, 1.165) is 5.56 Å². The zero-order chi connectivity index (χ0) is 25.2. The van der Waals surface area contributed by atoms with Crippen LogP contribution < -0.4 is 24.3 Å². The van der Waals surface area contributed by atoms with E-state index < -0.39 is 18.5 Å². The highest BCUT2D eigenvalue weighted by Crippen LogP contribution is 2.38. The summed E-state index contributed by atoms with van der Waals surface area (Å²) in [5.41, 5.74) is 2.20. The molecule has 0 aromatic heterocycles. The van der Waals surface area contributed by atoms with Crippen molar-refractivity contribution in [1.29, 1.82) is 0 Å². The maximum Gasteiger partial charge on any atom is 0.331 e. The Hall–Kier alpha value is -4.46. The molecule has 182 valence electrons.